The molecule has 4 heteroatoms. The van der Waals surface area contributed by atoms with E-state index in [1.165, 1.54) is 5.56 Å². The van der Waals surface area contributed by atoms with E-state index in [1.807, 2.05) is 25.1 Å². The Labute approximate surface area is 122 Å². The fourth-order valence-electron chi connectivity index (χ4n) is 2.15. The predicted molar refractivity (Wildman–Crippen MR) is 79.7 cm³/mol. The van der Waals surface area contributed by atoms with Crippen LogP contribution in [0.1, 0.15) is 29.9 Å². The first kappa shape index (κ1) is 14.2. The third kappa shape index (κ3) is 3.01. The molecule has 2 aromatic rings. The van der Waals surface area contributed by atoms with Gasteiger partial charge in [0, 0.05) is 10.0 Å². The molecule has 1 aromatic heterocycles. The van der Waals surface area contributed by atoms with Crippen LogP contribution in [0.3, 0.4) is 0 Å². The van der Waals surface area contributed by atoms with Gasteiger partial charge in [-0.05, 0) is 37.2 Å². The van der Waals surface area contributed by atoms with Gasteiger partial charge in [0.25, 0.3) is 0 Å². The van der Waals surface area contributed by atoms with Crippen molar-refractivity contribution in [1.29, 1.82) is 0 Å². The molecule has 0 saturated heterocycles. The van der Waals surface area contributed by atoms with Crippen LogP contribution >= 0.6 is 15.9 Å². The Morgan fingerprint density at radius 3 is 2.63 bits per heavy atom. The maximum absolute atomic E-state index is 5.42. The number of methoxy groups -OCH3 is 1. The van der Waals surface area contributed by atoms with Crippen LogP contribution in [0.2, 0.25) is 0 Å². The van der Waals surface area contributed by atoms with Crippen molar-refractivity contribution >= 4 is 15.9 Å². The Bertz CT molecular complexity index is 551. The molecule has 1 unspecified atom stereocenters. The maximum Gasteiger partial charge on any atom is 0.120 e. The van der Waals surface area contributed by atoms with E-state index in [4.69, 9.17) is 9.15 Å². The lowest BCUT2D eigenvalue weighted by molar-refractivity contribution is 0.414. The average Bonchev–Trinajstić information content (AvgIpc) is 2.82. The molecule has 0 aliphatic heterocycles. The Hall–Kier alpha value is -1.26. The zero-order valence-electron chi connectivity index (χ0n) is 11.4. The molecule has 19 heavy (non-hydrogen) atoms. The molecule has 0 bridgehead atoms. The molecule has 3 nitrogen and oxygen atoms in total. The van der Waals surface area contributed by atoms with E-state index in [9.17, 15) is 0 Å². The van der Waals surface area contributed by atoms with Gasteiger partial charge < -0.3 is 14.5 Å². The molecule has 0 radical (unpaired) electrons. The second-order valence-electron chi connectivity index (χ2n) is 4.31. The first-order chi connectivity index (χ1) is 9.17. The van der Waals surface area contributed by atoms with E-state index in [1.54, 1.807) is 13.4 Å². The number of hydrogen-bond donors (Lipinski definition) is 1. The number of ether oxygens (including phenoxy) is 1. The molecular weight excluding hydrogens is 306 g/mol. The zero-order valence-corrected chi connectivity index (χ0v) is 13.0. The number of halogens is 1. The second kappa shape index (κ2) is 6.26. The highest BCUT2D eigenvalue weighted by Gasteiger charge is 2.19. The molecule has 1 N–H and O–H groups in total. The topological polar surface area (TPSA) is 34.4 Å². The minimum atomic E-state index is 0.115. The fraction of sp³-hybridized carbons (Fsp3) is 0.333. The Morgan fingerprint density at radius 1 is 1.32 bits per heavy atom. The fourth-order valence-corrected chi connectivity index (χ4v) is 2.74. The summed E-state index contributed by atoms with van der Waals surface area (Å²) in [5.41, 5.74) is 2.33. The van der Waals surface area contributed by atoms with Gasteiger partial charge in [-0.3, -0.25) is 0 Å². The van der Waals surface area contributed by atoms with Gasteiger partial charge in [-0.15, -0.1) is 0 Å². The van der Waals surface area contributed by atoms with E-state index in [2.05, 4.69) is 34.2 Å². The van der Waals surface area contributed by atoms with E-state index in [-0.39, 0.29) is 6.04 Å². The van der Waals surface area contributed by atoms with Crippen LogP contribution in [-0.2, 0) is 0 Å². The monoisotopic (exact) mass is 323 g/mol. The summed E-state index contributed by atoms with van der Waals surface area (Å²) in [6.45, 7) is 4.96. The van der Waals surface area contributed by atoms with Crippen LogP contribution in [-0.4, -0.2) is 13.7 Å². The van der Waals surface area contributed by atoms with E-state index < -0.39 is 0 Å². The third-order valence-corrected chi connectivity index (χ3v) is 3.82. The molecule has 0 saturated carbocycles. The normalized spacial score (nSPS) is 12.4. The number of aryl methyl sites for hydroxylation is 1. The summed E-state index contributed by atoms with van der Waals surface area (Å²) in [5, 5.41) is 3.49. The number of furan rings is 1. The van der Waals surface area contributed by atoms with Crippen molar-refractivity contribution in [2.75, 3.05) is 13.7 Å². The van der Waals surface area contributed by atoms with Crippen LogP contribution in [0.15, 0.2) is 39.4 Å². The van der Waals surface area contributed by atoms with E-state index in [0.29, 0.717) is 0 Å². The van der Waals surface area contributed by atoms with Crippen molar-refractivity contribution in [3.63, 3.8) is 0 Å². The van der Waals surface area contributed by atoms with Crippen molar-refractivity contribution in [3.05, 3.63) is 51.9 Å². The second-order valence-corrected chi connectivity index (χ2v) is 5.16. The van der Waals surface area contributed by atoms with Gasteiger partial charge in [-0.25, -0.2) is 0 Å². The van der Waals surface area contributed by atoms with Gasteiger partial charge in [0.15, 0.2) is 0 Å². The van der Waals surface area contributed by atoms with Gasteiger partial charge in [-0.2, -0.15) is 0 Å². The summed E-state index contributed by atoms with van der Waals surface area (Å²) in [6, 6.07) is 8.15. The largest absolute Gasteiger partial charge is 0.497 e. The van der Waals surface area contributed by atoms with Gasteiger partial charge in [0.1, 0.15) is 11.5 Å². The maximum atomic E-state index is 5.42. The molecule has 0 fully saturated rings. The molecule has 0 spiro atoms. The minimum Gasteiger partial charge on any atom is -0.497 e. The lowest BCUT2D eigenvalue weighted by atomic mass is 9.99. The first-order valence-electron chi connectivity index (χ1n) is 6.28. The van der Waals surface area contributed by atoms with Crippen molar-refractivity contribution in [1.82, 2.24) is 5.32 Å². The molecule has 1 aromatic carbocycles. The molecule has 102 valence electrons. The lowest BCUT2D eigenvalue weighted by Crippen LogP contribution is -2.22. The Kier molecular flexibility index (Phi) is 4.66. The standard InChI is InChI=1S/C15H18BrNO2/c1-4-17-15(12-7-8-19-10(12)2)13-6-5-11(18-3)9-14(13)16/h5-9,15,17H,4H2,1-3H3. The highest BCUT2D eigenvalue weighted by Crippen LogP contribution is 2.33. The number of nitrogens with one attached hydrogen (secondary N) is 1. The SMILES string of the molecule is CCNC(c1ccc(OC)cc1Br)c1ccoc1C. The summed E-state index contributed by atoms with van der Waals surface area (Å²) >= 11 is 3.62. The van der Waals surface area contributed by atoms with Gasteiger partial charge in [-0.1, -0.05) is 28.9 Å². The van der Waals surface area contributed by atoms with Crippen LogP contribution < -0.4 is 10.1 Å². The highest BCUT2D eigenvalue weighted by atomic mass is 79.9. The van der Waals surface area contributed by atoms with Crippen LogP contribution in [0, 0.1) is 6.92 Å². The van der Waals surface area contributed by atoms with E-state index in [0.717, 1.165) is 28.1 Å². The predicted octanol–water partition coefficient (Wildman–Crippen LogP) is 4.06. The Morgan fingerprint density at radius 2 is 2.11 bits per heavy atom. The lowest BCUT2D eigenvalue weighted by Gasteiger charge is -2.20. The van der Waals surface area contributed by atoms with Crippen molar-refractivity contribution in [3.8, 4) is 5.75 Å². The molecule has 0 aliphatic rings. The van der Waals surface area contributed by atoms with Crippen molar-refractivity contribution in [2.24, 2.45) is 0 Å². The zero-order chi connectivity index (χ0) is 13.8. The van der Waals surface area contributed by atoms with Gasteiger partial charge >= 0.3 is 0 Å². The number of benzene rings is 1. The molecule has 1 atom stereocenters. The first-order valence-corrected chi connectivity index (χ1v) is 7.07. The van der Waals surface area contributed by atoms with Crippen LogP contribution in [0.4, 0.5) is 0 Å². The van der Waals surface area contributed by atoms with Crippen molar-refractivity contribution in [2.45, 2.75) is 19.9 Å². The molecule has 1 heterocycles. The Balaban J connectivity index is 2.42. The summed E-state index contributed by atoms with van der Waals surface area (Å²) in [5.74, 6) is 1.78. The summed E-state index contributed by atoms with van der Waals surface area (Å²) in [7, 11) is 1.67. The summed E-state index contributed by atoms with van der Waals surface area (Å²) in [6.07, 6.45) is 1.73. The van der Waals surface area contributed by atoms with E-state index >= 15 is 0 Å². The molecule has 0 amide bonds. The molecular formula is C15H18BrNO2. The molecule has 0 aliphatic carbocycles. The summed E-state index contributed by atoms with van der Waals surface area (Å²) in [4.78, 5) is 0. The van der Waals surface area contributed by atoms with Crippen LogP contribution in [0.5, 0.6) is 5.75 Å². The number of hydrogen-bond acceptors (Lipinski definition) is 3. The summed E-state index contributed by atoms with van der Waals surface area (Å²) < 4.78 is 11.7. The smallest absolute Gasteiger partial charge is 0.120 e. The average molecular weight is 324 g/mol. The van der Waals surface area contributed by atoms with Crippen LogP contribution in [0.25, 0.3) is 0 Å². The molecule has 2 rings (SSSR count). The van der Waals surface area contributed by atoms with Crippen molar-refractivity contribution < 1.29 is 9.15 Å². The third-order valence-electron chi connectivity index (χ3n) is 3.14. The highest BCUT2D eigenvalue weighted by molar-refractivity contribution is 9.10. The van der Waals surface area contributed by atoms with Gasteiger partial charge in [0.05, 0.1) is 19.4 Å². The quantitative estimate of drug-likeness (QED) is 0.901. The van der Waals surface area contributed by atoms with Gasteiger partial charge in [0.2, 0.25) is 0 Å². The minimum absolute atomic E-state index is 0.115. The number of rotatable bonds is 5.